The van der Waals surface area contributed by atoms with E-state index < -0.39 is 28.2 Å². The summed E-state index contributed by atoms with van der Waals surface area (Å²) in [6.45, 7) is 6.49. The molecule has 1 aliphatic carbocycles. The van der Waals surface area contributed by atoms with Crippen molar-refractivity contribution in [3.63, 3.8) is 0 Å². The average molecular weight is 501 g/mol. The van der Waals surface area contributed by atoms with E-state index in [1.54, 1.807) is 44.4 Å². The first-order chi connectivity index (χ1) is 16.7. The maximum Gasteiger partial charge on any atom is 0.398 e. The Morgan fingerprint density at radius 1 is 0.972 bits per heavy atom. The molecule has 0 bridgehead atoms. The second-order valence-electron chi connectivity index (χ2n) is 11.3. The van der Waals surface area contributed by atoms with Gasteiger partial charge in [-0.1, -0.05) is 31.2 Å². The molecule has 1 saturated carbocycles. The number of aliphatic hydroxyl groups is 2. The van der Waals surface area contributed by atoms with Crippen LogP contribution in [0.25, 0.3) is 11.3 Å². The van der Waals surface area contributed by atoms with Gasteiger partial charge in [0.2, 0.25) is 0 Å². The molecule has 192 valence electrons. The van der Waals surface area contributed by atoms with Gasteiger partial charge in [0.15, 0.2) is 0 Å². The quantitative estimate of drug-likeness (QED) is 0.465. The molecule has 0 spiro atoms. The minimum atomic E-state index is -4.29. The third-order valence-electron chi connectivity index (χ3n) is 7.95. The number of rotatable bonds is 6. The standard InChI is InChI=1S/C27H31F3N4O2/c1-23(2,35)22-12-21(32-33-22)17-11-20(14-31-13-17)26(36,24(3)15-34(4)16-24)19-7-5-18(6-8-19)25(9-10-25)27(28,29)30/h5-8,11-14,35-36H,9-10,15-16H2,1-4H3,(H,32,33)/t26-/m0/s1. The molecule has 0 radical (unpaired) electrons. The summed E-state index contributed by atoms with van der Waals surface area (Å²) >= 11 is 0. The van der Waals surface area contributed by atoms with E-state index in [4.69, 9.17) is 0 Å². The summed E-state index contributed by atoms with van der Waals surface area (Å²) in [6, 6.07) is 9.81. The van der Waals surface area contributed by atoms with Crippen LogP contribution in [-0.4, -0.2) is 56.6 Å². The van der Waals surface area contributed by atoms with Crippen molar-refractivity contribution in [2.45, 2.75) is 56.4 Å². The fraction of sp³-hybridized carbons (Fsp3) is 0.481. The van der Waals surface area contributed by atoms with Crippen LogP contribution in [0, 0.1) is 5.41 Å². The Balaban J connectivity index is 1.57. The molecule has 1 atom stereocenters. The number of aromatic nitrogens is 3. The summed E-state index contributed by atoms with van der Waals surface area (Å²) in [4.78, 5) is 6.46. The average Bonchev–Trinajstić information content (AvgIpc) is 3.47. The zero-order valence-electron chi connectivity index (χ0n) is 20.8. The molecule has 2 aromatic heterocycles. The monoisotopic (exact) mass is 500 g/mol. The Hall–Kier alpha value is -2.75. The predicted octanol–water partition coefficient (Wildman–Crippen LogP) is 4.48. The van der Waals surface area contributed by atoms with E-state index >= 15 is 0 Å². The second-order valence-corrected chi connectivity index (χ2v) is 11.3. The van der Waals surface area contributed by atoms with Gasteiger partial charge in [-0.25, -0.2) is 0 Å². The number of pyridine rings is 1. The number of aromatic amines is 1. The Bertz CT molecular complexity index is 1270. The van der Waals surface area contributed by atoms with Crippen LogP contribution in [-0.2, 0) is 16.6 Å². The zero-order valence-corrected chi connectivity index (χ0v) is 20.8. The molecule has 3 aromatic rings. The van der Waals surface area contributed by atoms with Crippen LogP contribution < -0.4 is 0 Å². The molecule has 5 rings (SSSR count). The van der Waals surface area contributed by atoms with Gasteiger partial charge in [-0.3, -0.25) is 10.1 Å². The zero-order chi connectivity index (χ0) is 26.1. The number of halogens is 3. The highest BCUT2D eigenvalue weighted by Crippen LogP contribution is 2.59. The summed E-state index contributed by atoms with van der Waals surface area (Å²) in [5.41, 5.74) is -1.90. The summed E-state index contributed by atoms with van der Waals surface area (Å²) in [7, 11) is 1.96. The molecule has 2 aliphatic rings. The SMILES string of the molecule is CN1CC(C)([C@](O)(c2ccc(C3(C(F)(F)F)CC3)cc2)c2cncc(-c3cc(C(C)(C)O)[nH]n3)c2)C1. The summed E-state index contributed by atoms with van der Waals surface area (Å²) < 4.78 is 41.0. The highest BCUT2D eigenvalue weighted by atomic mass is 19.4. The minimum Gasteiger partial charge on any atom is -0.384 e. The molecule has 6 nitrogen and oxygen atoms in total. The molecule has 0 amide bonds. The van der Waals surface area contributed by atoms with Crippen LogP contribution >= 0.6 is 0 Å². The molecule has 36 heavy (non-hydrogen) atoms. The molecule has 3 N–H and O–H groups in total. The van der Waals surface area contributed by atoms with E-state index in [9.17, 15) is 23.4 Å². The van der Waals surface area contributed by atoms with E-state index in [1.165, 1.54) is 12.1 Å². The van der Waals surface area contributed by atoms with Crippen molar-refractivity contribution in [3.05, 3.63) is 71.2 Å². The van der Waals surface area contributed by atoms with E-state index in [1.807, 2.05) is 20.0 Å². The number of hydrogen-bond acceptors (Lipinski definition) is 5. The van der Waals surface area contributed by atoms with Crippen molar-refractivity contribution >= 4 is 0 Å². The highest BCUT2D eigenvalue weighted by Gasteiger charge is 2.64. The van der Waals surface area contributed by atoms with Crippen molar-refractivity contribution in [3.8, 4) is 11.3 Å². The number of benzene rings is 1. The van der Waals surface area contributed by atoms with Crippen molar-refractivity contribution in [2.75, 3.05) is 20.1 Å². The Morgan fingerprint density at radius 2 is 1.61 bits per heavy atom. The lowest BCUT2D eigenvalue weighted by atomic mass is 9.62. The maximum atomic E-state index is 13.7. The van der Waals surface area contributed by atoms with Gasteiger partial charge in [-0.05, 0) is 57.0 Å². The number of H-pyrrole nitrogens is 1. The number of likely N-dealkylation sites (tertiary alicyclic amines) is 1. The van der Waals surface area contributed by atoms with Gasteiger partial charge in [-0.15, -0.1) is 0 Å². The third kappa shape index (κ3) is 3.76. The smallest absolute Gasteiger partial charge is 0.384 e. The van der Waals surface area contributed by atoms with Gasteiger partial charge < -0.3 is 15.1 Å². The lowest BCUT2D eigenvalue weighted by Crippen LogP contribution is -2.63. The van der Waals surface area contributed by atoms with Crippen LogP contribution in [0.15, 0.2) is 48.8 Å². The third-order valence-corrected chi connectivity index (χ3v) is 7.95. The van der Waals surface area contributed by atoms with Crippen LogP contribution in [0.2, 0.25) is 0 Å². The Kier molecular flexibility index (Phi) is 5.45. The van der Waals surface area contributed by atoms with Gasteiger partial charge in [0.1, 0.15) is 11.2 Å². The van der Waals surface area contributed by atoms with Crippen LogP contribution in [0.5, 0.6) is 0 Å². The molecule has 0 unspecified atom stereocenters. The topological polar surface area (TPSA) is 85.3 Å². The van der Waals surface area contributed by atoms with Gasteiger partial charge in [-0.2, -0.15) is 18.3 Å². The summed E-state index contributed by atoms with van der Waals surface area (Å²) in [6.07, 6.45) is -0.886. The van der Waals surface area contributed by atoms with Crippen molar-refractivity contribution < 1.29 is 23.4 Å². The van der Waals surface area contributed by atoms with E-state index in [2.05, 4.69) is 20.1 Å². The van der Waals surface area contributed by atoms with Crippen molar-refractivity contribution in [1.29, 1.82) is 0 Å². The molecule has 9 heteroatoms. The molecule has 1 aliphatic heterocycles. The maximum absolute atomic E-state index is 13.7. The normalized spacial score (nSPS) is 21.0. The lowest BCUT2D eigenvalue weighted by molar-refractivity contribution is -0.160. The molecule has 2 fully saturated rings. The Labute approximate surface area is 208 Å². The summed E-state index contributed by atoms with van der Waals surface area (Å²) in [5, 5.41) is 29.8. The minimum absolute atomic E-state index is 0.0882. The van der Waals surface area contributed by atoms with E-state index in [0.29, 0.717) is 41.2 Å². The van der Waals surface area contributed by atoms with Crippen LogP contribution in [0.1, 0.15) is 56.0 Å². The van der Waals surface area contributed by atoms with E-state index in [0.717, 1.165) is 0 Å². The van der Waals surface area contributed by atoms with Crippen LogP contribution in [0.4, 0.5) is 13.2 Å². The first-order valence-electron chi connectivity index (χ1n) is 12.0. The first kappa shape index (κ1) is 24.9. The fourth-order valence-electron chi connectivity index (χ4n) is 5.69. The largest absolute Gasteiger partial charge is 0.398 e. The predicted molar refractivity (Wildman–Crippen MR) is 129 cm³/mol. The van der Waals surface area contributed by atoms with E-state index in [-0.39, 0.29) is 18.4 Å². The second kappa shape index (κ2) is 7.87. The molecular weight excluding hydrogens is 469 g/mol. The lowest BCUT2D eigenvalue weighted by Gasteiger charge is -2.55. The molecular formula is C27H31F3N4O2. The Morgan fingerprint density at radius 3 is 2.11 bits per heavy atom. The van der Waals surface area contributed by atoms with Gasteiger partial charge in [0, 0.05) is 42.0 Å². The number of nitrogens with zero attached hydrogens (tertiary/aromatic N) is 3. The van der Waals surface area contributed by atoms with Gasteiger partial charge in [0.25, 0.3) is 0 Å². The summed E-state index contributed by atoms with van der Waals surface area (Å²) in [5.74, 6) is 0. The van der Waals surface area contributed by atoms with Crippen molar-refractivity contribution in [2.24, 2.45) is 5.41 Å². The molecule has 3 heterocycles. The van der Waals surface area contributed by atoms with Gasteiger partial charge in [0.05, 0.1) is 16.8 Å². The number of alkyl halides is 3. The highest BCUT2D eigenvalue weighted by molar-refractivity contribution is 5.60. The molecule has 1 saturated heterocycles. The number of nitrogens with one attached hydrogen (secondary N) is 1. The molecule has 1 aromatic carbocycles. The van der Waals surface area contributed by atoms with Crippen molar-refractivity contribution in [1.82, 2.24) is 20.1 Å². The van der Waals surface area contributed by atoms with Gasteiger partial charge >= 0.3 is 6.18 Å². The number of hydrogen-bond donors (Lipinski definition) is 3. The first-order valence-corrected chi connectivity index (χ1v) is 12.0. The van der Waals surface area contributed by atoms with Crippen LogP contribution in [0.3, 0.4) is 0 Å². The fourth-order valence-corrected chi connectivity index (χ4v) is 5.69.